The number of imidazole rings is 1. The summed E-state index contributed by atoms with van der Waals surface area (Å²) in [7, 11) is -3.70. The molecular formula is C19H20ClN3O3S. The number of benzene rings is 2. The predicted molar refractivity (Wildman–Crippen MR) is 107 cm³/mol. The summed E-state index contributed by atoms with van der Waals surface area (Å²) in [5.74, 6) is 0.117. The van der Waals surface area contributed by atoms with Crippen molar-refractivity contribution >= 4 is 38.6 Å². The summed E-state index contributed by atoms with van der Waals surface area (Å²) >= 11 is 6.26. The number of nitrogens with zero attached hydrogens (tertiary/aromatic N) is 2. The summed E-state index contributed by atoms with van der Waals surface area (Å²) in [6.45, 7) is 5.40. The minimum atomic E-state index is -3.70. The van der Waals surface area contributed by atoms with Crippen molar-refractivity contribution in [1.82, 2.24) is 14.3 Å². The smallest absolute Gasteiger partial charge is 0.264 e. The number of hydrogen-bond donors (Lipinski definition) is 1. The first-order valence-corrected chi connectivity index (χ1v) is 10.4. The lowest BCUT2D eigenvalue weighted by molar-refractivity contribution is 0.0981. The topological polar surface area (TPSA) is 81.1 Å². The zero-order valence-corrected chi connectivity index (χ0v) is 16.8. The van der Waals surface area contributed by atoms with Gasteiger partial charge in [-0.05, 0) is 50.6 Å². The molecule has 0 saturated carbocycles. The number of fused-ring (bicyclic) bond motifs is 1. The van der Waals surface area contributed by atoms with E-state index in [1.807, 2.05) is 35.8 Å². The summed E-state index contributed by atoms with van der Waals surface area (Å²) in [5.41, 5.74) is 2.65. The third-order valence-corrected chi connectivity index (χ3v) is 6.42. The molecule has 0 fully saturated rings. The Hall–Kier alpha value is -2.38. The highest BCUT2D eigenvalue weighted by molar-refractivity contribution is 7.90. The van der Waals surface area contributed by atoms with Gasteiger partial charge in [-0.2, -0.15) is 0 Å². The maximum absolute atomic E-state index is 12.4. The van der Waals surface area contributed by atoms with Crippen molar-refractivity contribution in [3.05, 3.63) is 64.4 Å². The summed E-state index contributed by atoms with van der Waals surface area (Å²) in [5, 5.41) is -0.0474. The number of amides is 1. The van der Waals surface area contributed by atoms with Crippen LogP contribution >= 0.6 is 11.6 Å². The molecule has 0 aliphatic heterocycles. The zero-order chi connectivity index (χ0) is 19.8. The molecular weight excluding hydrogens is 386 g/mol. The third-order valence-electron chi connectivity index (χ3n) is 4.34. The lowest BCUT2D eigenvalue weighted by Crippen LogP contribution is -2.35. The Morgan fingerprint density at radius 1 is 1.22 bits per heavy atom. The molecule has 0 atom stereocenters. The quantitative estimate of drug-likeness (QED) is 0.704. The molecule has 1 heterocycles. The van der Waals surface area contributed by atoms with E-state index in [0.29, 0.717) is 11.6 Å². The zero-order valence-electron chi connectivity index (χ0n) is 15.2. The van der Waals surface area contributed by atoms with E-state index >= 15 is 0 Å². The number of sulfonamides is 1. The normalized spacial score (nSPS) is 11.9. The van der Waals surface area contributed by atoms with Crippen molar-refractivity contribution in [3.8, 4) is 0 Å². The fourth-order valence-corrected chi connectivity index (χ4v) is 3.49. The van der Waals surface area contributed by atoms with Crippen LogP contribution in [0.3, 0.4) is 0 Å². The van der Waals surface area contributed by atoms with Crippen LogP contribution in [-0.4, -0.2) is 29.1 Å². The predicted octanol–water partition coefficient (Wildman–Crippen LogP) is 3.51. The van der Waals surface area contributed by atoms with E-state index in [1.165, 1.54) is 13.8 Å². The second kappa shape index (κ2) is 7.32. The highest BCUT2D eigenvalue weighted by Crippen LogP contribution is 2.22. The number of carbonyl (C=O) groups is 1. The molecule has 2 aromatic carbocycles. The Bertz CT molecular complexity index is 1120. The lowest BCUT2D eigenvalue weighted by atomic mass is 10.2. The molecule has 1 amide bonds. The van der Waals surface area contributed by atoms with Crippen molar-refractivity contribution in [3.63, 3.8) is 0 Å². The van der Waals surface area contributed by atoms with Gasteiger partial charge >= 0.3 is 0 Å². The van der Waals surface area contributed by atoms with Gasteiger partial charge in [0.2, 0.25) is 10.0 Å². The first kappa shape index (κ1) is 19.4. The van der Waals surface area contributed by atoms with Gasteiger partial charge < -0.3 is 4.57 Å². The molecule has 0 saturated heterocycles. The molecule has 0 aliphatic rings. The molecule has 1 aromatic heterocycles. The molecule has 1 N–H and O–H groups in total. The number of nitrogens with one attached hydrogen (secondary N) is 1. The van der Waals surface area contributed by atoms with Gasteiger partial charge in [0, 0.05) is 10.6 Å². The lowest BCUT2D eigenvalue weighted by Gasteiger charge is -2.11. The second-order valence-corrected chi connectivity index (χ2v) is 9.21. The van der Waals surface area contributed by atoms with Gasteiger partial charge in [-0.3, -0.25) is 4.79 Å². The van der Waals surface area contributed by atoms with Crippen LogP contribution in [0.2, 0.25) is 5.02 Å². The first-order chi connectivity index (χ1) is 12.7. The van der Waals surface area contributed by atoms with E-state index in [0.717, 1.165) is 22.4 Å². The highest BCUT2D eigenvalue weighted by atomic mass is 35.5. The van der Waals surface area contributed by atoms with E-state index in [4.69, 9.17) is 11.6 Å². The number of hydrogen-bond acceptors (Lipinski definition) is 4. The van der Waals surface area contributed by atoms with E-state index in [1.54, 1.807) is 18.2 Å². The van der Waals surface area contributed by atoms with Crippen LogP contribution in [0.5, 0.6) is 0 Å². The number of aryl methyl sites for hydroxylation is 1. The molecule has 0 radical (unpaired) electrons. The minimum absolute atomic E-state index is 0.257. The Morgan fingerprint density at radius 3 is 2.59 bits per heavy atom. The summed E-state index contributed by atoms with van der Waals surface area (Å²) in [4.78, 5) is 16.9. The van der Waals surface area contributed by atoms with Gasteiger partial charge in [0.05, 0.1) is 22.8 Å². The van der Waals surface area contributed by atoms with Crippen LogP contribution in [0.15, 0.2) is 42.5 Å². The molecule has 27 heavy (non-hydrogen) atoms. The van der Waals surface area contributed by atoms with E-state index in [9.17, 15) is 13.2 Å². The standard InChI is InChI=1S/C19H20ClN3O3S/c1-12(2)27(25,26)22-19(24)14-8-9-17-18(10-14)23(13(3)21-17)11-15-6-4-5-7-16(15)20/h4-10,12H,11H2,1-3H3,(H,22,24). The van der Waals surface area contributed by atoms with E-state index < -0.39 is 21.2 Å². The van der Waals surface area contributed by atoms with Crippen LogP contribution in [0.1, 0.15) is 35.6 Å². The Labute approximate surface area is 163 Å². The fourth-order valence-electron chi connectivity index (χ4n) is 2.69. The SMILES string of the molecule is Cc1nc2ccc(C(=O)NS(=O)(=O)C(C)C)cc2n1Cc1ccccc1Cl. The van der Waals surface area contributed by atoms with Gasteiger partial charge in [-0.1, -0.05) is 29.8 Å². The monoisotopic (exact) mass is 405 g/mol. The Balaban J connectivity index is 2.00. The second-order valence-electron chi connectivity index (χ2n) is 6.57. The Kier molecular flexibility index (Phi) is 5.26. The van der Waals surface area contributed by atoms with E-state index in [2.05, 4.69) is 9.71 Å². The number of aromatic nitrogens is 2. The molecule has 142 valence electrons. The van der Waals surface area contributed by atoms with Crippen molar-refractivity contribution < 1.29 is 13.2 Å². The molecule has 8 heteroatoms. The molecule has 0 unspecified atom stereocenters. The Morgan fingerprint density at radius 2 is 1.93 bits per heavy atom. The van der Waals surface area contributed by atoms with Crippen LogP contribution in [0.25, 0.3) is 11.0 Å². The van der Waals surface area contributed by atoms with Gasteiger partial charge in [0.15, 0.2) is 0 Å². The average Bonchev–Trinajstić information content (AvgIpc) is 2.91. The number of rotatable bonds is 5. The van der Waals surface area contributed by atoms with Gasteiger partial charge in [-0.25, -0.2) is 18.1 Å². The van der Waals surface area contributed by atoms with Gasteiger partial charge in [0.1, 0.15) is 5.82 Å². The maximum Gasteiger partial charge on any atom is 0.264 e. The third kappa shape index (κ3) is 3.99. The van der Waals surface area contributed by atoms with E-state index in [-0.39, 0.29) is 5.56 Å². The number of halogens is 1. The van der Waals surface area contributed by atoms with Crippen molar-refractivity contribution in [2.45, 2.75) is 32.6 Å². The molecule has 3 aromatic rings. The van der Waals surface area contributed by atoms with Crippen LogP contribution in [0, 0.1) is 6.92 Å². The average molecular weight is 406 g/mol. The first-order valence-electron chi connectivity index (χ1n) is 8.45. The summed E-state index contributed by atoms with van der Waals surface area (Å²) in [6.07, 6.45) is 0. The van der Waals surface area contributed by atoms with Gasteiger partial charge in [-0.15, -0.1) is 0 Å². The summed E-state index contributed by atoms with van der Waals surface area (Å²) in [6, 6.07) is 12.5. The fraction of sp³-hybridized carbons (Fsp3) is 0.263. The van der Waals surface area contributed by atoms with Crippen LogP contribution in [0.4, 0.5) is 0 Å². The molecule has 0 bridgehead atoms. The van der Waals surface area contributed by atoms with Crippen molar-refractivity contribution in [1.29, 1.82) is 0 Å². The minimum Gasteiger partial charge on any atom is -0.324 e. The number of carbonyl (C=O) groups excluding carboxylic acids is 1. The summed E-state index contributed by atoms with van der Waals surface area (Å²) < 4.78 is 28.0. The van der Waals surface area contributed by atoms with Crippen molar-refractivity contribution in [2.75, 3.05) is 0 Å². The largest absolute Gasteiger partial charge is 0.324 e. The molecule has 3 rings (SSSR count). The van der Waals surface area contributed by atoms with Crippen molar-refractivity contribution in [2.24, 2.45) is 0 Å². The van der Waals surface area contributed by atoms with Crippen LogP contribution < -0.4 is 4.72 Å². The molecule has 0 spiro atoms. The highest BCUT2D eigenvalue weighted by Gasteiger charge is 2.21. The van der Waals surface area contributed by atoms with Gasteiger partial charge in [0.25, 0.3) is 5.91 Å². The van der Waals surface area contributed by atoms with Crippen LogP contribution in [-0.2, 0) is 16.6 Å². The molecule has 0 aliphatic carbocycles. The molecule has 6 nitrogen and oxygen atoms in total. The maximum atomic E-state index is 12.4.